The van der Waals surface area contributed by atoms with Crippen molar-refractivity contribution in [3.05, 3.63) is 69.5 Å². The smallest absolute Gasteiger partial charge is 0.271 e. The van der Waals surface area contributed by atoms with Gasteiger partial charge in [0, 0.05) is 5.56 Å². The van der Waals surface area contributed by atoms with Gasteiger partial charge < -0.3 is 0 Å². The first-order chi connectivity index (χ1) is 13.3. The fourth-order valence-corrected chi connectivity index (χ4v) is 3.24. The molecular weight excluding hydrogens is 358 g/mol. The van der Waals surface area contributed by atoms with Crippen molar-refractivity contribution in [1.82, 2.24) is 15.2 Å². The summed E-state index contributed by atoms with van der Waals surface area (Å²) < 4.78 is 1.35. The van der Waals surface area contributed by atoms with Gasteiger partial charge in [0.25, 0.3) is 5.91 Å². The monoisotopic (exact) mass is 379 g/mol. The second kappa shape index (κ2) is 7.59. The van der Waals surface area contributed by atoms with E-state index in [0.717, 1.165) is 16.3 Å². The lowest BCUT2D eigenvalue weighted by atomic mass is 10.0. The standard InChI is InChI=1S/C20H21N5O3/c1-12(17-11-7-9-16-8-5-6-10-18(16)17)21-22-20(26)15(4)24-14(3)19(25(27)28)13(2)23-24/h5-11,15H,1-4H3,(H,22,26)/b21-12+. The van der Waals surface area contributed by atoms with Crippen molar-refractivity contribution in [3.8, 4) is 0 Å². The summed E-state index contributed by atoms with van der Waals surface area (Å²) >= 11 is 0. The van der Waals surface area contributed by atoms with Gasteiger partial charge in [-0.2, -0.15) is 10.2 Å². The molecule has 0 aliphatic heterocycles. The highest BCUT2D eigenvalue weighted by Gasteiger charge is 2.27. The van der Waals surface area contributed by atoms with Crippen LogP contribution in [0.15, 0.2) is 47.6 Å². The Balaban J connectivity index is 1.83. The highest BCUT2D eigenvalue weighted by atomic mass is 16.6. The van der Waals surface area contributed by atoms with Gasteiger partial charge in [-0.15, -0.1) is 0 Å². The Morgan fingerprint density at radius 2 is 1.89 bits per heavy atom. The third-order valence-electron chi connectivity index (χ3n) is 4.73. The van der Waals surface area contributed by atoms with Crippen LogP contribution in [0, 0.1) is 24.0 Å². The largest absolute Gasteiger partial charge is 0.312 e. The number of nitro groups is 1. The van der Waals surface area contributed by atoms with E-state index >= 15 is 0 Å². The van der Waals surface area contributed by atoms with Gasteiger partial charge in [0.1, 0.15) is 17.4 Å². The van der Waals surface area contributed by atoms with Crippen LogP contribution >= 0.6 is 0 Å². The lowest BCUT2D eigenvalue weighted by molar-refractivity contribution is -0.386. The number of hydrogen-bond acceptors (Lipinski definition) is 5. The summed E-state index contributed by atoms with van der Waals surface area (Å²) in [4.78, 5) is 23.2. The van der Waals surface area contributed by atoms with Gasteiger partial charge >= 0.3 is 5.69 Å². The highest BCUT2D eigenvalue weighted by Crippen LogP contribution is 2.24. The highest BCUT2D eigenvalue weighted by molar-refractivity contribution is 6.09. The second-order valence-corrected chi connectivity index (χ2v) is 6.60. The first-order valence-electron chi connectivity index (χ1n) is 8.83. The van der Waals surface area contributed by atoms with Gasteiger partial charge in [-0.3, -0.25) is 19.6 Å². The summed E-state index contributed by atoms with van der Waals surface area (Å²) in [7, 11) is 0. The zero-order valence-corrected chi connectivity index (χ0v) is 16.1. The van der Waals surface area contributed by atoms with Crippen molar-refractivity contribution >= 4 is 28.1 Å². The summed E-state index contributed by atoms with van der Waals surface area (Å²) in [6.45, 7) is 6.57. The third kappa shape index (κ3) is 3.48. The quantitative estimate of drug-likeness (QED) is 0.415. The Morgan fingerprint density at radius 1 is 1.21 bits per heavy atom. The third-order valence-corrected chi connectivity index (χ3v) is 4.73. The zero-order valence-electron chi connectivity index (χ0n) is 16.1. The van der Waals surface area contributed by atoms with Gasteiger partial charge in [0.2, 0.25) is 0 Å². The molecule has 0 aliphatic carbocycles. The van der Waals surface area contributed by atoms with E-state index in [1.807, 2.05) is 49.4 Å². The lowest BCUT2D eigenvalue weighted by Crippen LogP contribution is -2.29. The Hall–Kier alpha value is -3.55. The molecule has 0 saturated carbocycles. The van der Waals surface area contributed by atoms with Crippen LogP contribution in [-0.2, 0) is 4.79 Å². The summed E-state index contributed by atoms with van der Waals surface area (Å²) in [5.74, 6) is -0.403. The minimum Gasteiger partial charge on any atom is -0.271 e. The molecule has 3 aromatic rings. The predicted molar refractivity (Wildman–Crippen MR) is 107 cm³/mol. The van der Waals surface area contributed by atoms with E-state index in [1.165, 1.54) is 4.68 Å². The number of amides is 1. The van der Waals surface area contributed by atoms with E-state index in [1.54, 1.807) is 20.8 Å². The van der Waals surface area contributed by atoms with Crippen LogP contribution in [-0.4, -0.2) is 26.3 Å². The first kappa shape index (κ1) is 19.2. The van der Waals surface area contributed by atoms with Crippen molar-refractivity contribution in [3.63, 3.8) is 0 Å². The molecule has 144 valence electrons. The molecule has 1 unspecified atom stereocenters. The van der Waals surface area contributed by atoms with Crippen molar-refractivity contribution in [2.75, 3.05) is 0 Å². The molecule has 8 heteroatoms. The molecule has 0 spiro atoms. The number of benzene rings is 2. The number of hydrazone groups is 1. The number of hydrogen-bond donors (Lipinski definition) is 1. The number of fused-ring (bicyclic) bond motifs is 1. The molecule has 1 atom stereocenters. The SMILES string of the molecule is C/C(=N\NC(=O)C(C)n1nc(C)c([N+](=O)[O-])c1C)c1cccc2ccccc12. The van der Waals surface area contributed by atoms with Crippen LogP contribution in [0.5, 0.6) is 0 Å². The average Bonchev–Trinajstić information content (AvgIpc) is 2.98. The molecule has 2 aromatic carbocycles. The molecule has 0 fully saturated rings. The Bertz CT molecular complexity index is 1100. The molecule has 0 bridgehead atoms. The van der Waals surface area contributed by atoms with E-state index in [0.29, 0.717) is 11.4 Å². The van der Waals surface area contributed by atoms with Gasteiger partial charge in [0.15, 0.2) is 0 Å². The predicted octanol–water partition coefficient (Wildman–Crippen LogP) is 3.66. The molecular formula is C20H21N5O3. The maximum Gasteiger partial charge on any atom is 0.312 e. The van der Waals surface area contributed by atoms with Gasteiger partial charge in [-0.05, 0) is 38.5 Å². The number of nitrogens with zero attached hydrogens (tertiary/aromatic N) is 4. The van der Waals surface area contributed by atoms with Crippen LogP contribution in [0.25, 0.3) is 10.8 Å². The van der Waals surface area contributed by atoms with Crippen LogP contribution in [0.3, 0.4) is 0 Å². The second-order valence-electron chi connectivity index (χ2n) is 6.60. The van der Waals surface area contributed by atoms with E-state index in [9.17, 15) is 14.9 Å². The number of carbonyl (C=O) groups excluding carboxylic acids is 1. The number of aryl methyl sites for hydroxylation is 1. The van der Waals surface area contributed by atoms with E-state index in [-0.39, 0.29) is 11.4 Å². The molecule has 0 saturated heterocycles. The number of nitrogens with one attached hydrogen (secondary N) is 1. The zero-order chi connectivity index (χ0) is 20.4. The van der Waals surface area contributed by atoms with E-state index in [4.69, 9.17) is 0 Å². The van der Waals surface area contributed by atoms with E-state index < -0.39 is 16.9 Å². The molecule has 28 heavy (non-hydrogen) atoms. The topological polar surface area (TPSA) is 102 Å². The van der Waals surface area contributed by atoms with Gasteiger partial charge in [-0.25, -0.2) is 5.43 Å². The minimum atomic E-state index is -0.739. The first-order valence-corrected chi connectivity index (χ1v) is 8.83. The van der Waals surface area contributed by atoms with Gasteiger partial charge in [-0.1, -0.05) is 42.5 Å². The van der Waals surface area contributed by atoms with E-state index in [2.05, 4.69) is 15.6 Å². The maximum absolute atomic E-state index is 12.5. The normalized spacial score (nSPS) is 12.8. The number of rotatable bonds is 5. The maximum atomic E-state index is 12.5. The van der Waals surface area contributed by atoms with Crippen molar-refractivity contribution in [1.29, 1.82) is 0 Å². The molecule has 1 N–H and O–H groups in total. The molecule has 3 rings (SSSR count). The summed E-state index contributed by atoms with van der Waals surface area (Å²) in [6.07, 6.45) is 0. The average molecular weight is 379 g/mol. The molecule has 0 radical (unpaired) electrons. The minimum absolute atomic E-state index is 0.0740. The Kier molecular flexibility index (Phi) is 5.21. The van der Waals surface area contributed by atoms with Crippen LogP contribution in [0.1, 0.15) is 36.8 Å². The number of carbonyl (C=O) groups is 1. The molecule has 1 heterocycles. The van der Waals surface area contributed by atoms with Crippen molar-refractivity contribution < 1.29 is 9.72 Å². The fraction of sp³-hybridized carbons (Fsp3) is 0.250. The summed E-state index contributed by atoms with van der Waals surface area (Å²) in [5.41, 5.74) is 4.67. The fourth-order valence-electron chi connectivity index (χ4n) is 3.24. The molecule has 1 amide bonds. The Labute approximate surface area is 162 Å². The van der Waals surface area contributed by atoms with Crippen molar-refractivity contribution in [2.45, 2.75) is 33.7 Å². The molecule has 0 aliphatic rings. The summed E-state index contributed by atoms with van der Waals surface area (Å²) in [5, 5.41) is 21.7. The lowest BCUT2D eigenvalue weighted by Gasteiger charge is -2.12. The van der Waals surface area contributed by atoms with Crippen molar-refractivity contribution in [2.24, 2.45) is 5.10 Å². The molecule has 1 aromatic heterocycles. The van der Waals surface area contributed by atoms with Gasteiger partial charge in [0.05, 0.1) is 10.6 Å². The summed E-state index contributed by atoms with van der Waals surface area (Å²) in [6, 6.07) is 13.1. The van der Waals surface area contributed by atoms with Crippen LogP contribution < -0.4 is 5.43 Å². The Morgan fingerprint density at radius 3 is 2.57 bits per heavy atom. The van der Waals surface area contributed by atoms with Crippen LogP contribution in [0.2, 0.25) is 0 Å². The van der Waals surface area contributed by atoms with Crippen LogP contribution in [0.4, 0.5) is 5.69 Å². The number of aromatic nitrogens is 2. The molecule has 8 nitrogen and oxygen atoms in total.